The Morgan fingerprint density at radius 2 is 1.65 bits per heavy atom. The maximum Gasteiger partial charge on any atom is 0.129 e. The second-order valence-electron chi connectivity index (χ2n) is 7.07. The maximum absolute atomic E-state index is 4.73. The van der Waals surface area contributed by atoms with Crippen LogP contribution < -0.4 is 5.32 Å². The lowest BCUT2D eigenvalue weighted by atomic mass is 9.91. The number of aromatic nitrogens is 2. The summed E-state index contributed by atoms with van der Waals surface area (Å²) in [6.45, 7) is 17.4. The van der Waals surface area contributed by atoms with Gasteiger partial charge in [-0.05, 0) is 43.7 Å². The summed E-state index contributed by atoms with van der Waals surface area (Å²) in [6.07, 6.45) is 2.10. The van der Waals surface area contributed by atoms with Gasteiger partial charge in [-0.15, -0.1) is 0 Å². The molecule has 1 aromatic rings. The van der Waals surface area contributed by atoms with Gasteiger partial charge in [-0.25, -0.2) is 9.97 Å². The van der Waals surface area contributed by atoms with Gasteiger partial charge in [0.2, 0.25) is 0 Å². The van der Waals surface area contributed by atoms with Crippen LogP contribution in [0.5, 0.6) is 0 Å². The molecule has 0 saturated carbocycles. The molecule has 3 heteroatoms. The van der Waals surface area contributed by atoms with Gasteiger partial charge >= 0.3 is 0 Å². The monoisotopic (exact) mass is 277 g/mol. The van der Waals surface area contributed by atoms with E-state index in [1.54, 1.807) is 0 Å². The van der Waals surface area contributed by atoms with Crippen molar-refractivity contribution in [1.29, 1.82) is 0 Å². The molecule has 1 aromatic heterocycles. The summed E-state index contributed by atoms with van der Waals surface area (Å²) in [4.78, 5) is 9.46. The van der Waals surface area contributed by atoms with Crippen molar-refractivity contribution in [1.82, 2.24) is 15.3 Å². The molecule has 0 fully saturated rings. The van der Waals surface area contributed by atoms with Gasteiger partial charge < -0.3 is 5.32 Å². The van der Waals surface area contributed by atoms with E-state index in [0.29, 0.717) is 5.92 Å². The average Bonchev–Trinajstić information content (AvgIpc) is 2.25. The highest BCUT2D eigenvalue weighted by Crippen LogP contribution is 2.24. The standard InChI is InChI=1S/C17H31N3/c1-8-9-18-11-12(2)16-13(3)19-15(20-14(16)4)10-17(5,6)7/h12,18H,8-11H2,1-7H3. The smallest absolute Gasteiger partial charge is 0.129 e. The summed E-state index contributed by atoms with van der Waals surface area (Å²) >= 11 is 0. The lowest BCUT2D eigenvalue weighted by Gasteiger charge is -2.21. The van der Waals surface area contributed by atoms with Crippen molar-refractivity contribution in [2.24, 2.45) is 5.41 Å². The highest BCUT2D eigenvalue weighted by atomic mass is 14.9. The Morgan fingerprint density at radius 3 is 2.10 bits per heavy atom. The van der Waals surface area contributed by atoms with E-state index in [9.17, 15) is 0 Å². The van der Waals surface area contributed by atoms with Crippen LogP contribution in [0.1, 0.15) is 69.7 Å². The average molecular weight is 277 g/mol. The van der Waals surface area contributed by atoms with Crippen LogP contribution in [-0.2, 0) is 6.42 Å². The first-order chi connectivity index (χ1) is 9.24. The van der Waals surface area contributed by atoms with Crippen LogP contribution in [0, 0.1) is 19.3 Å². The molecule has 0 radical (unpaired) electrons. The molecule has 0 aliphatic heterocycles. The summed E-state index contributed by atoms with van der Waals surface area (Å²) in [7, 11) is 0. The number of nitrogens with zero attached hydrogens (tertiary/aromatic N) is 2. The van der Waals surface area contributed by atoms with Gasteiger partial charge in [-0.3, -0.25) is 0 Å². The van der Waals surface area contributed by atoms with Gasteiger partial charge in [-0.2, -0.15) is 0 Å². The van der Waals surface area contributed by atoms with Gasteiger partial charge in [0, 0.05) is 24.4 Å². The van der Waals surface area contributed by atoms with Crippen molar-refractivity contribution < 1.29 is 0 Å². The van der Waals surface area contributed by atoms with Crippen LogP contribution in [0.15, 0.2) is 0 Å². The van der Waals surface area contributed by atoms with Crippen LogP contribution in [0.2, 0.25) is 0 Å². The summed E-state index contributed by atoms with van der Waals surface area (Å²) in [6, 6.07) is 0. The lowest BCUT2D eigenvalue weighted by molar-refractivity contribution is 0.399. The number of hydrogen-bond donors (Lipinski definition) is 1. The third-order valence-electron chi connectivity index (χ3n) is 3.43. The number of nitrogens with one attached hydrogen (secondary N) is 1. The quantitative estimate of drug-likeness (QED) is 0.804. The van der Waals surface area contributed by atoms with E-state index in [4.69, 9.17) is 9.97 Å². The van der Waals surface area contributed by atoms with E-state index in [0.717, 1.165) is 36.7 Å². The molecular weight excluding hydrogens is 246 g/mol. The minimum atomic E-state index is 0.231. The van der Waals surface area contributed by atoms with Crippen molar-refractivity contribution in [2.75, 3.05) is 13.1 Å². The van der Waals surface area contributed by atoms with Gasteiger partial charge in [0.1, 0.15) is 5.82 Å². The molecular formula is C17H31N3. The Hall–Kier alpha value is -0.960. The zero-order valence-electron chi connectivity index (χ0n) is 14.3. The molecule has 114 valence electrons. The third-order valence-corrected chi connectivity index (χ3v) is 3.43. The predicted molar refractivity (Wildman–Crippen MR) is 86.2 cm³/mol. The molecule has 0 amide bonds. The fourth-order valence-corrected chi connectivity index (χ4v) is 2.66. The normalized spacial score (nSPS) is 13.6. The first-order valence-electron chi connectivity index (χ1n) is 7.79. The van der Waals surface area contributed by atoms with Crippen LogP contribution in [0.25, 0.3) is 0 Å². The van der Waals surface area contributed by atoms with Gasteiger partial charge in [0.05, 0.1) is 0 Å². The number of aryl methyl sites for hydroxylation is 2. The van der Waals surface area contributed by atoms with Crippen molar-refractivity contribution in [3.63, 3.8) is 0 Å². The zero-order valence-corrected chi connectivity index (χ0v) is 14.3. The minimum absolute atomic E-state index is 0.231. The highest BCUT2D eigenvalue weighted by Gasteiger charge is 2.18. The first-order valence-corrected chi connectivity index (χ1v) is 7.79. The van der Waals surface area contributed by atoms with Gasteiger partial charge in [0.15, 0.2) is 0 Å². The summed E-state index contributed by atoms with van der Waals surface area (Å²) in [5, 5.41) is 3.49. The molecule has 0 spiro atoms. The second kappa shape index (κ2) is 7.16. The Morgan fingerprint density at radius 1 is 1.10 bits per heavy atom. The molecule has 20 heavy (non-hydrogen) atoms. The number of rotatable bonds is 6. The fraction of sp³-hybridized carbons (Fsp3) is 0.765. The van der Waals surface area contributed by atoms with Crippen LogP contribution >= 0.6 is 0 Å². The van der Waals surface area contributed by atoms with Gasteiger partial charge in [-0.1, -0.05) is 34.6 Å². The van der Waals surface area contributed by atoms with Crippen molar-refractivity contribution >= 4 is 0 Å². The Kier molecular flexibility index (Phi) is 6.12. The SMILES string of the molecule is CCCNCC(C)c1c(C)nc(CC(C)(C)C)nc1C. The van der Waals surface area contributed by atoms with E-state index < -0.39 is 0 Å². The van der Waals surface area contributed by atoms with Crippen molar-refractivity contribution in [3.8, 4) is 0 Å². The predicted octanol–water partition coefficient (Wildman–Crippen LogP) is 3.79. The molecule has 0 aromatic carbocycles. The van der Waals surface area contributed by atoms with Gasteiger partial charge in [0.25, 0.3) is 0 Å². The summed E-state index contributed by atoms with van der Waals surface area (Å²) < 4.78 is 0. The Bertz CT molecular complexity index is 409. The molecule has 3 nitrogen and oxygen atoms in total. The molecule has 1 heterocycles. The van der Waals surface area contributed by atoms with E-state index in [1.807, 2.05) is 0 Å². The molecule has 1 atom stereocenters. The molecule has 1 N–H and O–H groups in total. The van der Waals surface area contributed by atoms with E-state index >= 15 is 0 Å². The molecule has 0 bridgehead atoms. The third kappa shape index (κ3) is 5.20. The van der Waals surface area contributed by atoms with Crippen molar-refractivity contribution in [2.45, 2.75) is 67.2 Å². The molecule has 1 rings (SSSR count). The topological polar surface area (TPSA) is 37.8 Å². The minimum Gasteiger partial charge on any atom is -0.316 e. The second-order valence-corrected chi connectivity index (χ2v) is 7.07. The Labute approximate surface area is 124 Å². The molecule has 1 unspecified atom stereocenters. The summed E-state index contributed by atoms with van der Waals surface area (Å²) in [5.74, 6) is 1.44. The maximum atomic E-state index is 4.73. The lowest BCUT2D eigenvalue weighted by Crippen LogP contribution is -2.23. The van der Waals surface area contributed by atoms with E-state index in [1.165, 1.54) is 12.0 Å². The van der Waals surface area contributed by atoms with Crippen molar-refractivity contribution in [3.05, 3.63) is 22.8 Å². The first kappa shape index (κ1) is 17.1. The molecule has 0 aliphatic rings. The highest BCUT2D eigenvalue weighted by molar-refractivity contribution is 5.28. The van der Waals surface area contributed by atoms with Crippen LogP contribution in [0.4, 0.5) is 0 Å². The van der Waals surface area contributed by atoms with Crippen LogP contribution in [0.3, 0.4) is 0 Å². The van der Waals surface area contributed by atoms with E-state index in [2.05, 4.69) is 53.8 Å². The summed E-state index contributed by atoms with van der Waals surface area (Å²) in [5.41, 5.74) is 3.82. The Balaban J connectivity index is 2.88. The van der Waals surface area contributed by atoms with Crippen LogP contribution in [-0.4, -0.2) is 23.1 Å². The molecule has 0 aliphatic carbocycles. The number of hydrogen-bond acceptors (Lipinski definition) is 3. The largest absolute Gasteiger partial charge is 0.316 e. The molecule has 0 saturated heterocycles. The van der Waals surface area contributed by atoms with E-state index in [-0.39, 0.29) is 5.41 Å². The fourth-order valence-electron chi connectivity index (χ4n) is 2.66. The zero-order chi connectivity index (χ0) is 15.3.